The lowest BCUT2D eigenvalue weighted by molar-refractivity contribution is 0.0822. The fourth-order valence-corrected chi connectivity index (χ4v) is 3.81. The van der Waals surface area contributed by atoms with Crippen LogP contribution in [0.25, 0.3) is 0 Å². The fourth-order valence-electron chi connectivity index (χ4n) is 3.81. The van der Waals surface area contributed by atoms with Crippen LogP contribution in [0, 0.1) is 23.0 Å². The Labute approximate surface area is 197 Å². The Morgan fingerprint density at radius 3 is 2.53 bits per heavy atom. The summed E-state index contributed by atoms with van der Waals surface area (Å²) in [6.07, 6.45) is 1.51. The van der Waals surface area contributed by atoms with Crippen molar-refractivity contribution in [1.82, 2.24) is 15.2 Å². The molecule has 6 nitrogen and oxygen atoms in total. The summed E-state index contributed by atoms with van der Waals surface area (Å²) < 4.78 is 28.9. The van der Waals surface area contributed by atoms with Gasteiger partial charge in [-0.25, -0.2) is 8.78 Å². The first-order chi connectivity index (χ1) is 16.4. The maximum Gasteiger partial charge on any atom is 0.268 e. The molecule has 3 N–H and O–H groups in total. The standard InChI is InChI=1S/C26H28F2N4O2/c1-2-18-5-3-6-19(11-18)16-30-17-25(33)23(14-20-12-21(27)15-22(28)13-20)31-26(34)24-7-4-9-32(24)10-8-29/h3-7,9,11-13,15,23,25,30,33H,2,10,14,16-17H2,1H3,(H,31,34)/t23-,25-/m0/s1. The summed E-state index contributed by atoms with van der Waals surface area (Å²) in [4.78, 5) is 12.9. The molecule has 0 saturated carbocycles. The average Bonchev–Trinajstić information content (AvgIpc) is 3.27. The third-order valence-corrected chi connectivity index (χ3v) is 5.54. The van der Waals surface area contributed by atoms with Crippen molar-refractivity contribution in [2.75, 3.05) is 6.54 Å². The maximum absolute atomic E-state index is 13.7. The molecule has 0 aliphatic rings. The van der Waals surface area contributed by atoms with E-state index in [0.29, 0.717) is 12.1 Å². The zero-order chi connectivity index (χ0) is 24.5. The van der Waals surface area contributed by atoms with Gasteiger partial charge in [0.1, 0.15) is 23.9 Å². The number of rotatable bonds is 11. The molecule has 1 heterocycles. The molecule has 1 aromatic heterocycles. The van der Waals surface area contributed by atoms with Crippen LogP contribution in [-0.2, 0) is 25.9 Å². The lowest BCUT2D eigenvalue weighted by atomic mass is 10.00. The minimum atomic E-state index is -1.04. The Bertz CT molecular complexity index is 1140. The molecule has 0 spiro atoms. The first-order valence-electron chi connectivity index (χ1n) is 11.1. The second kappa shape index (κ2) is 12.1. The average molecular weight is 467 g/mol. The highest BCUT2D eigenvalue weighted by Gasteiger charge is 2.24. The highest BCUT2D eigenvalue weighted by atomic mass is 19.1. The minimum absolute atomic E-state index is 0.00351. The molecule has 0 aliphatic heterocycles. The van der Waals surface area contributed by atoms with Crippen molar-refractivity contribution in [1.29, 1.82) is 5.26 Å². The van der Waals surface area contributed by atoms with E-state index in [0.717, 1.165) is 18.1 Å². The second-order valence-corrected chi connectivity index (χ2v) is 8.11. The quantitative estimate of drug-likeness (QED) is 0.404. The van der Waals surface area contributed by atoms with E-state index in [1.165, 1.54) is 22.3 Å². The number of aryl methyl sites for hydroxylation is 1. The lowest BCUT2D eigenvalue weighted by Gasteiger charge is -2.25. The van der Waals surface area contributed by atoms with Crippen molar-refractivity contribution in [3.8, 4) is 6.07 Å². The van der Waals surface area contributed by atoms with Gasteiger partial charge in [0.2, 0.25) is 0 Å². The molecule has 0 fully saturated rings. The number of aromatic nitrogens is 1. The van der Waals surface area contributed by atoms with Gasteiger partial charge in [-0.1, -0.05) is 31.2 Å². The third kappa shape index (κ3) is 6.98. The molecule has 3 rings (SSSR count). The Morgan fingerprint density at radius 1 is 1.09 bits per heavy atom. The number of carbonyl (C=O) groups excluding carboxylic acids is 1. The fraction of sp³-hybridized carbons (Fsp3) is 0.308. The number of nitrogens with zero attached hydrogens (tertiary/aromatic N) is 2. The van der Waals surface area contributed by atoms with Crippen LogP contribution >= 0.6 is 0 Å². The van der Waals surface area contributed by atoms with E-state index in [-0.39, 0.29) is 25.2 Å². The first kappa shape index (κ1) is 25.1. The van der Waals surface area contributed by atoms with Crippen LogP contribution in [0.5, 0.6) is 0 Å². The predicted octanol–water partition coefficient (Wildman–Crippen LogP) is 3.34. The Balaban J connectivity index is 1.72. The normalized spacial score (nSPS) is 12.7. The van der Waals surface area contributed by atoms with Crippen LogP contribution in [0.3, 0.4) is 0 Å². The number of benzene rings is 2. The number of hydrogen-bond acceptors (Lipinski definition) is 4. The van der Waals surface area contributed by atoms with E-state index in [1.807, 2.05) is 24.3 Å². The van der Waals surface area contributed by atoms with Gasteiger partial charge in [0, 0.05) is 25.4 Å². The largest absolute Gasteiger partial charge is 0.390 e. The molecule has 0 radical (unpaired) electrons. The van der Waals surface area contributed by atoms with Crippen molar-refractivity contribution in [3.05, 3.63) is 94.8 Å². The highest BCUT2D eigenvalue weighted by Crippen LogP contribution is 2.13. The van der Waals surface area contributed by atoms with E-state index in [9.17, 15) is 18.7 Å². The van der Waals surface area contributed by atoms with Gasteiger partial charge in [-0.2, -0.15) is 5.26 Å². The number of nitrogens with one attached hydrogen (secondary N) is 2. The molecule has 1 amide bonds. The number of hydrogen-bond donors (Lipinski definition) is 3. The summed E-state index contributed by atoms with van der Waals surface area (Å²) >= 11 is 0. The van der Waals surface area contributed by atoms with Gasteiger partial charge in [0.15, 0.2) is 0 Å². The summed E-state index contributed by atoms with van der Waals surface area (Å²) in [7, 11) is 0. The van der Waals surface area contributed by atoms with Gasteiger partial charge >= 0.3 is 0 Å². The molecule has 8 heteroatoms. The van der Waals surface area contributed by atoms with Crippen LogP contribution in [0.15, 0.2) is 60.8 Å². The summed E-state index contributed by atoms with van der Waals surface area (Å²) in [6, 6.07) is 15.6. The number of aliphatic hydroxyl groups excluding tert-OH is 1. The molecule has 3 aromatic rings. The van der Waals surface area contributed by atoms with E-state index in [2.05, 4.69) is 23.6 Å². The van der Waals surface area contributed by atoms with Gasteiger partial charge in [-0.15, -0.1) is 0 Å². The van der Waals surface area contributed by atoms with Crippen LogP contribution in [0.2, 0.25) is 0 Å². The van der Waals surface area contributed by atoms with Gasteiger partial charge in [0.05, 0.1) is 18.2 Å². The van der Waals surface area contributed by atoms with E-state index in [1.54, 1.807) is 18.3 Å². The van der Waals surface area contributed by atoms with E-state index >= 15 is 0 Å². The van der Waals surface area contributed by atoms with Gasteiger partial charge in [-0.3, -0.25) is 4.79 Å². The summed E-state index contributed by atoms with van der Waals surface area (Å²) in [6.45, 7) is 2.74. The molecular formula is C26H28F2N4O2. The van der Waals surface area contributed by atoms with Crippen LogP contribution < -0.4 is 10.6 Å². The van der Waals surface area contributed by atoms with Crippen molar-refractivity contribution in [3.63, 3.8) is 0 Å². The van der Waals surface area contributed by atoms with Crippen molar-refractivity contribution in [2.45, 2.75) is 45.0 Å². The minimum Gasteiger partial charge on any atom is -0.390 e. The number of carbonyl (C=O) groups is 1. The third-order valence-electron chi connectivity index (χ3n) is 5.54. The smallest absolute Gasteiger partial charge is 0.268 e. The Morgan fingerprint density at radius 2 is 1.82 bits per heavy atom. The number of amides is 1. The number of nitriles is 1. The zero-order valence-electron chi connectivity index (χ0n) is 19.0. The van der Waals surface area contributed by atoms with Crippen LogP contribution in [-0.4, -0.2) is 34.3 Å². The number of halogens is 2. The summed E-state index contributed by atoms with van der Waals surface area (Å²) in [5.41, 5.74) is 2.84. The van der Waals surface area contributed by atoms with Gasteiger partial charge in [0.25, 0.3) is 5.91 Å². The molecule has 0 aliphatic carbocycles. The summed E-state index contributed by atoms with van der Waals surface area (Å²) in [5.74, 6) is -1.95. The van der Waals surface area contributed by atoms with Crippen LogP contribution in [0.1, 0.15) is 34.1 Å². The van der Waals surface area contributed by atoms with Crippen molar-refractivity contribution < 1.29 is 18.7 Å². The topological polar surface area (TPSA) is 90.1 Å². The Kier molecular flexibility index (Phi) is 8.91. The van der Waals surface area contributed by atoms with E-state index in [4.69, 9.17) is 5.26 Å². The second-order valence-electron chi connectivity index (χ2n) is 8.11. The molecule has 2 atom stereocenters. The molecule has 178 valence electrons. The molecule has 34 heavy (non-hydrogen) atoms. The lowest BCUT2D eigenvalue weighted by Crippen LogP contribution is -2.49. The molecule has 2 aromatic carbocycles. The van der Waals surface area contributed by atoms with Crippen molar-refractivity contribution in [2.24, 2.45) is 0 Å². The van der Waals surface area contributed by atoms with Crippen molar-refractivity contribution >= 4 is 5.91 Å². The van der Waals surface area contributed by atoms with Crippen LogP contribution in [0.4, 0.5) is 8.78 Å². The van der Waals surface area contributed by atoms with Gasteiger partial charge < -0.3 is 20.3 Å². The number of aliphatic hydroxyl groups is 1. The molecule has 0 saturated heterocycles. The monoisotopic (exact) mass is 466 g/mol. The predicted molar refractivity (Wildman–Crippen MR) is 125 cm³/mol. The van der Waals surface area contributed by atoms with E-state index < -0.39 is 29.7 Å². The summed E-state index contributed by atoms with van der Waals surface area (Å²) in [5, 5.41) is 25.8. The van der Waals surface area contributed by atoms with Gasteiger partial charge in [-0.05, 0) is 53.8 Å². The Hall–Kier alpha value is -3.54. The molecular weight excluding hydrogens is 438 g/mol. The SMILES string of the molecule is CCc1cccc(CNC[C@H](O)[C@H](Cc2cc(F)cc(F)c2)NC(=O)c2cccn2CC#N)c1. The molecule has 0 bridgehead atoms. The maximum atomic E-state index is 13.7. The highest BCUT2D eigenvalue weighted by molar-refractivity contribution is 5.93. The first-order valence-corrected chi connectivity index (χ1v) is 11.1. The molecule has 0 unspecified atom stereocenters. The zero-order valence-corrected chi connectivity index (χ0v) is 19.0.